The molecule has 1 aromatic carbocycles. The molecule has 0 saturated carbocycles. The molecule has 2 aromatic rings. The number of hydrogen-bond donors (Lipinski definition) is 1. The maximum Gasteiger partial charge on any atom is 0.338 e. The summed E-state index contributed by atoms with van der Waals surface area (Å²) in [5.74, 6) is -0.364. The van der Waals surface area contributed by atoms with Gasteiger partial charge in [0.1, 0.15) is 0 Å². The number of nitrogens with two attached hydrogens (primary N) is 1. The second-order valence-electron chi connectivity index (χ2n) is 4.40. The van der Waals surface area contributed by atoms with E-state index in [1.165, 1.54) is 7.11 Å². The first-order valence-electron chi connectivity index (χ1n) is 5.95. The Kier molecular flexibility index (Phi) is 3.51. The summed E-state index contributed by atoms with van der Waals surface area (Å²) in [4.78, 5) is 16.2. The standard InChI is InChI=1S/C15H16N2O2/c1-9-4-6-12(15(18)19-3)14(10(9)2)13-7-5-11(16)8-17-13/h4-8H,16H2,1-3H3. The largest absolute Gasteiger partial charge is 0.465 e. The highest BCUT2D eigenvalue weighted by atomic mass is 16.5. The van der Waals surface area contributed by atoms with Gasteiger partial charge >= 0.3 is 5.97 Å². The van der Waals surface area contributed by atoms with Crippen molar-refractivity contribution < 1.29 is 9.53 Å². The van der Waals surface area contributed by atoms with Crippen molar-refractivity contribution >= 4 is 11.7 Å². The summed E-state index contributed by atoms with van der Waals surface area (Å²) >= 11 is 0. The summed E-state index contributed by atoms with van der Waals surface area (Å²) in [5.41, 5.74) is 10.4. The molecule has 4 heteroatoms. The Bertz CT molecular complexity index is 619. The smallest absolute Gasteiger partial charge is 0.338 e. The lowest BCUT2D eigenvalue weighted by molar-refractivity contribution is 0.0601. The van der Waals surface area contributed by atoms with Crippen molar-refractivity contribution in [2.45, 2.75) is 13.8 Å². The molecule has 0 aliphatic rings. The number of aryl methyl sites for hydroxylation is 1. The van der Waals surface area contributed by atoms with Gasteiger partial charge in [0, 0.05) is 5.56 Å². The zero-order valence-corrected chi connectivity index (χ0v) is 11.2. The molecule has 0 atom stereocenters. The third-order valence-electron chi connectivity index (χ3n) is 3.18. The predicted octanol–water partition coefficient (Wildman–Crippen LogP) is 2.73. The minimum absolute atomic E-state index is 0.364. The third-order valence-corrected chi connectivity index (χ3v) is 3.18. The van der Waals surface area contributed by atoms with Crippen LogP contribution in [0.15, 0.2) is 30.5 Å². The van der Waals surface area contributed by atoms with Gasteiger partial charge in [-0.15, -0.1) is 0 Å². The Balaban J connectivity index is 2.69. The van der Waals surface area contributed by atoms with Gasteiger partial charge in [-0.3, -0.25) is 4.98 Å². The Morgan fingerprint density at radius 3 is 2.53 bits per heavy atom. The molecule has 2 N–H and O–H groups in total. The molecule has 0 aliphatic carbocycles. The third kappa shape index (κ3) is 2.42. The number of hydrogen-bond acceptors (Lipinski definition) is 4. The monoisotopic (exact) mass is 256 g/mol. The summed E-state index contributed by atoms with van der Waals surface area (Å²) in [6.07, 6.45) is 1.58. The number of ether oxygens (including phenoxy) is 1. The first-order chi connectivity index (χ1) is 9.04. The van der Waals surface area contributed by atoms with E-state index in [2.05, 4.69) is 4.98 Å². The minimum atomic E-state index is -0.364. The van der Waals surface area contributed by atoms with Crippen LogP contribution in [-0.4, -0.2) is 18.1 Å². The number of pyridine rings is 1. The molecule has 98 valence electrons. The van der Waals surface area contributed by atoms with Crippen LogP contribution in [0.25, 0.3) is 11.3 Å². The zero-order chi connectivity index (χ0) is 14.0. The van der Waals surface area contributed by atoms with Gasteiger partial charge in [-0.25, -0.2) is 4.79 Å². The SMILES string of the molecule is COC(=O)c1ccc(C)c(C)c1-c1ccc(N)cn1. The molecule has 0 unspecified atom stereocenters. The van der Waals surface area contributed by atoms with Gasteiger partial charge in [-0.2, -0.15) is 0 Å². The molecule has 4 nitrogen and oxygen atoms in total. The fourth-order valence-electron chi connectivity index (χ4n) is 1.98. The average Bonchev–Trinajstić information content (AvgIpc) is 2.42. The van der Waals surface area contributed by atoms with Crippen LogP contribution < -0.4 is 5.73 Å². The van der Waals surface area contributed by atoms with E-state index in [1.807, 2.05) is 26.0 Å². The molecule has 19 heavy (non-hydrogen) atoms. The van der Waals surface area contributed by atoms with Gasteiger partial charge in [0.05, 0.1) is 30.3 Å². The minimum Gasteiger partial charge on any atom is -0.465 e. The van der Waals surface area contributed by atoms with Crippen molar-refractivity contribution in [3.05, 3.63) is 47.2 Å². The summed E-state index contributed by atoms with van der Waals surface area (Å²) in [6, 6.07) is 7.25. The maximum atomic E-state index is 11.9. The lowest BCUT2D eigenvalue weighted by Gasteiger charge is -2.13. The van der Waals surface area contributed by atoms with Crippen molar-refractivity contribution in [2.24, 2.45) is 0 Å². The number of aromatic nitrogens is 1. The number of esters is 1. The molecule has 0 spiro atoms. The van der Waals surface area contributed by atoms with Gasteiger partial charge in [0.2, 0.25) is 0 Å². The molecule has 2 rings (SSSR count). The predicted molar refractivity (Wildman–Crippen MR) is 74.9 cm³/mol. The Morgan fingerprint density at radius 1 is 1.21 bits per heavy atom. The van der Waals surface area contributed by atoms with Crippen molar-refractivity contribution in [2.75, 3.05) is 12.8 Å². The second kappa shape index (κ2) is 5.10. The van der Waals surface area contributed by atoms with Crippen molar-refractivity contribution in [1.82, 2.24) is 4.98 Å². The lowest BCUT2D eigenvalue weighted by atomic mass is 9.95. The van der Waals surface area contributed by atoms with Crippen LogP contribution in [0.4, 0.5) is 5.69 Å². The second-order valence-corrected chi connectivity index (χ2v) is 4.40. The number of rotatable bonds is 2. The van der Waals surface area contributed by atoms with Crippen molar-refractivity contribution in [3.63, 3.8) is 0 Å². The highest BCUT2D eigenvalue weighted by Gasteiger charge is 2.17. The van der Waals surface area contributed by atoms with E-state index in [4.69, 9.17) is 10.5 Å². The van der Waals surface area contributed by atoms with E-state index in [0.29, 0.717) is 11.3 Å². The van der Waals surface area contributed by atoms with Crippen LogP contribution in [0.1, 0.15) is 21.5 Å². The van der Waals surface area contributed by atoms with Gasteiger partial charge in [0.25, 0.3) is 0 Å². The number of nitrogens with zero attached hydrogens (tertiary/aromatic N) is 1. The van der Waals surface area contributed by atoms with E-state index in [0.717, 1.165) is 22.4 Å². The summed E-state index contributed by atoms with van der Waals surface area (Å²) < 4.78 is 4.83. The molecule has 0 bridgehead atoms. The van der Waals surface area contributed by atoms with E-state index in [9.17, 15) is 4.79 Å². The van der Waals surface area contributed by atoms with Gasteiger partial charge in [-0.1, -0.05) is 6.07 Å². The molecule has 0 saturated heterocycles. The summed E-state index contributed by atoms with van der Waals surface area (Å²) in [5, 5.41) is 0. The summed E-state index contributed by atoms with van der Waals surface area (Å²) in [7, 11) is 1.37. The Hall–Kier alpha value is -2.36. The van der Waals surface area contributed by atoms with Crippen LogP contribution in [0.2, 0.25) is 0 Å². The van der Waals surface area contributed by atoms with Crippen molar-refractivity contribution in [3.8, 4) is 11.3 Å². The molecule has 0 radical (unpaired) electrons. The first-order valence-corrected chi connectivity index (χ1v) is 5.95. The maximum absolute atomic E-state index is 11.9. The van der Waals surface area contributed by atoms with Gasteiger partial charge < -0.3 is 10.5 Å². The summed E-state index contributed by atoms with van der Waals surface area (Å²) in [6.45, 7) is 3.96. The number of benzene rings is 1. The van der Waals surface area contributed by atoms with E-state index in [1.54, 1.807) is 18.3 Å². The molecular formula is C15H16N2O2. The van der Waals surface area contributed by atoms with Crippen LogP contribution in [-0.2, 0) is 4.74 Å². The average molecular weight is 256 g/mol. The molecule has 0 aliphatic heterocycles. The number of nitrogen functional groups attached to an aromatic ring is 1. The van der Waals surface area contributed by atoms with E-state index >= 15 is 0 Å². The highest BCUT2D eigenvalue weighted by Crippen LogP contribution is 2.29. The van der Waals surface area contributed by atoms with Crippen LogP contribution in [0, 0.1) is 13.8 Å². The number of carbonyl (C=O) groups is 1. The topological polar surface area (TPSA) is 65.2 Å². The zero-order valence-electron chi connectivity index (χ0n) is 11.2. The Labute approximate surface area is 112 Å². The number of carbonyl (C=O) groups excluding carboxylic acids is 1. The molecular weight excluding hydrogens is 240 g/mol. The molecule has 0 amide bonds. The quantitative estimate of drug-likeness (QED) is 0.839. The highest BCUT2D eigenvalue weighted by molar-refractivity contribution is 5.98. The molecule has 0 fully saturated rings. The number of anilines is 1. The van der Waals surface area contributed by atoms with Gasteiger partial charge in [0.15, 0.2) is 0 Å². The van der Waals surface area contributed by atoms with E-state index < -0.39 is 0 Å². The fraction of sp³-hybridized carbons (Fsp3) is 0.200. The van der Waals surface area contributed by atoms with Crippen molar-refractivity contribution in [1.29, 1.82) is 0 Å². The fourth-order valence-corrected chi connectivity index (χ4v) is 1.98. The normalized spacial score (nSPS) is 10.3. The lowest BCUT2D eigenvalue weighted by Crippen LogP contribution is -2.06. The number of methoxy groups -OCH3 is 1. The van der Waals surface area contributed by atoms with Crippen LogP contribution >= 0.6 is 0 Å². The van der Waals surface area contributed by atoms with Crippen LogP contribution in [0.5, 0.6) is 0 Å². The van der Waals surface area contributed by atoms with E-state index in [-0.39, 0.29) is 5.97 Å². The first kappa shape index (κ1) is 13.1. The molecule has 1 heterocycles. The Morgan fingerprint density at radius 2 is 1.95 bits per heavy atom. The molecule has 1 aromatic heterocycles. The van der Waals surface area contributed by atoms with Crippen LogP contribution in [0.3, 0.4) is 0 Å². The van der Waals surface area contributed by atoms with Gasteiger partial charge in [-0.05, 0) is 43.2 Å².